The summed E-state index contributed by atoms with van der Waals surface area (Å²) in [5, 5.41) is 4.02. The van der Waals surface area contributed by atoms with Crippen molar-refractivity contribution < 1.29 is 4.79 Å². The van der Waals surface area contributed by atoms with Crippen molar-refractivity contribution in [3.8, 4) is 22.5 Å². The van der Waals surface area contributed by atoms with Crippen molar-refractivity contribution in [3.63, 3.8) is 0 Å². The molecule has 1 saturated heterocycles. The zero-order chi connectivity index (χ0) is 30.5. The molecule has 9 nitrogen and oxygen atoms in total. The lowest BCUT2D eigenvalue weighted by molar-refractivity contribution is 0.121. The molecule has 0 atom stereocenters. The molecule has 4 N–H and O–H groups in total. The average Bonchev–Trinajstić information content (AvgIpc) is 3.66. The number of nitrogens with two attached hydrogens (primary N) is 1. The molecule has 0 bridgehead atoms. The quantitative estimate of drug-likeness (QED) is 0.221. The third kappa shape index (κ3) is 5.54. The predicted octanol–water partition coefficient (Wildman–Crippen LogP) is 6.01. The molecule has 2 aromatic heterocycles. The number of nitrogen functional groups attached to an aromatic ring is 1. The van der Waals surface area contributed by atoms with E-state index in [4.69, 9.17) is 5.73 Å². The van der Waals surface area contributed by atoms with Gasteiger partial charge in [0.2, 0.25) is 5.95 Å². The zero-order valence-electron chi connectivity index (χ0n) is 25.6. The molecule has 3 aromatic carbocycles. The minimum atomic E-state index is -0.119. The predicted molar refractivity (Wildman–Crippen MR) is 178 cm³/mol. The van der Waals surface area contributed by atoms with E-state index < -0.39 is 0 Å². The highest BCUT2D eigenvalue weighted by atomic mass is 16.2. The number of nitrogens with one attached hydrogen (secondary N) is 2. The van der Waals surface area contributed by atoms with Gasteiger partial charge in [0, 0.05) is 74.2 Å². The number of benzene rings is 3. The van der Waals surface area contributed by atoms with Crippen molar-refractivity contribution in [1.29, 1.82) is 0 Å². The third-order valence-electron chi connectivity index (χ3n) is 9.60. The maximum absolute atomic E-state index is 13.2. The lowest BCUT2D eigenvalue weighted by Crippen LogP contribution is -2.46. The Labute approximate surface area is 263 Å². The number of hydrogen-bond acceptors (Lipinski definition) is 6. The van der Waals surface area contributed by atoms with Crippen LogP contribution in [0.4, 0.5) is 16.4 Å². The van der Waals surface area contributed by atoms with E-state index in [1.165, 1.54) is 42.6 Å². The number of urea groups is 1. The maximum atomic E-state index is 13.2. The zero-order valence-corrected chi connectivity index (χ0v) is 25.6. The van der Waals surface area contributed by atoms with Gasteiger partial charge in [-0.3, -0.25) is 9.80 Å². The molecule has 228 valence electrons. The van der Waals surface area contributed by atoms with Crippen LogP contribution in [-0.4, -0.2) is 67.9 Å². The highest BCUT2D eigenvalue weighted by Gasteiger charge is 2.31. The van der Waals surface area contributed by atoms with Crippen LogP contribution in [0.25, 0.3) is 33.5 Å². The number of aromatic amines is 1. The van der Waals surface area contributed by atoms with Crippen LogP contribution in [0, 0.1) is 6.92 Å². The highest BCUT2D eigenvalue weighted by Crippen LogP contribution is 2.35. The Kier molecular flexibility index (Phi) is 6.99. The van der Waals surface area contributed by atoms with Crippen molar-refractivity contribution in [2.45, 2.75) is 45.4 Å². The number of carbonyl (C=O) groups is 1. The summed E-state index contributed by atoms with van der Waals surface area (Å²) in [5.74, 6) is 0.201. The van der Waals surface area contributed by atoms with E-state index in [0.29, 0.717) is 18.7 Å². The summed E-state index contributed by atoms with van der Waals surface area (Å²) in [7, 11) is 0. The van der Waals surface area contributed by atoms with Crippen LogP contribution in [0.2, 0.25) is 0 Å². The summed E-state index contributed by atoms with van der Waals surface area (Å²) >= 11 is 0. The van der Waals surface area contributed by atoms with E-state index in [1.54, 1.807) is 0 Å². The number of nitrogens with zero attached hydrogens (tertiary/aromatic N) is 5. The second-order valence-electron chi connectivity index (χ2n) is 12.6. The maximum Gasteiger partial charge on any atom is 0.322 e. The van der Waals surface area contributed by atoms with Crippen LogP contribution < -0.4 is 11.1 Å². The van der Waals surface area contributed by atoms with E-state index in [-0.39, 0.29) is 12.0 Å². The number of carbonyl (C=O) groups excluding carboxylic acids is 1. The van der Waals surface area contributed by atoms with Gasteiger partial charge in [0.25, 0.3) is 0 Å². The van der Waals surface area contributed by atoms with E-state index in [9.17, 15) is 4.79 Å². The van der Waals surface area contributed by atoms with Crippen molar-refractivity contribution in [3.05, 3.63) is 95.1 Å². The summed E-state index contributed by atoms with van der Waals surface area (Å²) in [4.78, 5) is 33.0. The Morgan fingerprint density at radius 2 is 1.67 bits per heavy atom. The number of piperazine rings is 1. The van der Waals surface area contributed by atoms with Gasteiger partial charge in [-0.15, -0.1) is 0 Å². The van der Waals surface area contributed by atoms with Gasteiger partial charge >= 0.3 is 6.03 Å². The first kappa shape index (κ1) is 27.8. The summed E-state index contributed by atoms with van der Waals surface area (Å²) in [6.45, 7) is 8.85. The Morgan fingerprint density at radius 1 is 0.933 bits per heavy atom. The van der Waals surface area contributed by atoms with Gasteiger partial charge in [0.05, 0.1) is 5.69 Å². The Bertz CT molecular complexity index is 1860. The van der Waals surface area contributed by atoms with E-state index >= 15 is 0 Å². The van der Waals surface area contributed by atoms with Crippen LogP contribution >= 0.6 is 0 Å². The van der Waals surface area contributed by atoms with Gasteiger partial charge in [0.15, 0.2) is 0 Å². The fourth-order valence-corrected chi connectivity index (χ4v) is 6.86. The molecule has 1 aliphatic carbocycles. The number of H-pyrrole nitrogens is 1. The Balaban J connectivity index is 1.01. The van der Waals surface area contributed by atoms with Crippen LogP contribution in [0.5, 0.6) is 0 Å². The Morgan fingerprint density at radius 3 is 2.38 bits per heavy atom. The average molecular weight is 599 g/mol. The normalized spacial score (nSPS) is 17.1. The van der Waals surface area contributed by atoms with Crippen LogP contribution in [0.15, 0.2) is 72.8 Å². The molecule has 8 rings (SSSR count). The number of rotatable bonds is 6. The topological polar surface area (TPSA) is 106 Å². The molecular weight excluding hydrogens is 560 g/mol. The van der Waals surface area contributed by atoms with Gasteiger partial charge in [-0.25, -0.2) is 9.78 Å². The molecule has 45 heavy (non-hydrogen) atoms. The van der Waals surface area contributed by atoms with Gasteiger partial charge in [-0.05, 0) is 59.7 Å². The molecule has 5 aromatic rings. The minimum absolute atomic E-state index is 0.119. The van der Waals surface area contributed by atoms with Crippen molar-refractivity contribution >= 4 is 28.7 Å². The van der Waals surface area contributed by atoms with E-state index in [1.807, 2.05) is 42.2 Å². The fourth-order valence-electron chi connectivity index (χ4n) is 6.86. The van der Waals surface area contributed by atoms with Crippen LogP contribution in [0.1, 0.15) is 35.1 Å². The van der Waals surface area contributed by atoms with Crippen molar-refractivity contribution in [1.82, 2.24) is 29.7 Å². The Hall–Kier alpha value is -4.73. The molecule has 3 aliphatic rings. The largest absolute Gasteiger partial charge is 0.368 e. The highest BCUT2D eigenvalue weighted by molar-refractivity contribution is 5.98. The van der Waals surface area contributed by atoms with E-state index in [0.717, 1.165) is 64.8 Å². The molecule has 0 unspecified atom stereocenters. The number of amides is 2. The standard InChI is InChI=1S/C36H38N8O/c1-23-29(7-4-8-31(23)39-36(45)44-21-26-5-2-3-6-27(26)22-44)33-30-19-32(38-34(30)41-35(37)40-33)25-11-9-24(10-12-25)20-42-15-17-43(18-16-42)28-13-14-28/h2-12,19,28H,13-18,20-22H2,1H3,(H,39,45)(H3,37,38,40,41). The summed E-state index contributed by atoms with van der Waals surface area (Å²) in [6, 6.07) is 25.7. The monoisotopic (exact) mass is 598 g/mol. The molecule has 2 fully saturated rings. The van der Waals surface area contributed by atoms with Crippen LogP contribution in [-0.2, 0) is 19.6 Å². The summed E-state index contributed by atoms with van der Waals surface area (Å²) < 4.78 is 0. The van der Waals surface area contributed by atoms with Crippen molar-refractivity contribution in [2.24, 2.45) is 0 Å². The lowest BCUT2D eigenvalue weighted by Gasteiger charge is -2.34. The number of anilines is 2. The fraction of sp³-hybridized carbons (Fsp3) is 0.306. The molecule has 0 radical (unpaired) electrons. The first-order chi connectivity index (χ1) is 22.0. The first-order valence-corrected chi connectivity index (χ1v) is 15.9. The molecular formula is C36H38N8O. The molecule has 2 aliphatic heterocycles. The lowest BCUT2D eigenvalue weighted by atomic mass is 10.0. The van der Waals surface area contributed by atoms with E-state index in [2.05, 4.69) is 72.5 Å². The van der Waals surface area contributed by atoms with Gasteiger partial charge < -0.3 is 20.9 Å². The molecule has 2 amide bonds. The van der Waals surface area contributed by atoms with Crippen LogP contribution in [0.3, 0.4) is 0 Å². The van der Waals surface area contributed by atoms with Gasteiger partial charge in [-0.2, -0.15) is 4.98 Å². The first-order valence-electron chi connectivity index (χ1n) is 15.9. The molecule has 4 heterocycles. The molecule has 1 saturated carbocycles. The smallest absolute Gasteiger partial charge is 0.322 e. The second-order valence-corrected chi connectivity index (χ2v) is 12.6. The SMILES string of the molecule is Cc1c(NC(=O)N2Cc3ccccc3C2)cccc1-c1nc(N)nc2[nH]c(-c3ccc(CN4CCN(C5CC5)CC4)cc3)cc12. The molecule has 0 spiro atoms. The third-order valence-corrected chi connectivity index (χ3v) is 9.60. The minimum Gasteiger partial charge on any atom is -0.368 e. The van der Waals surface area contributed by atoms with Gasteiger partial charge in [0.1, 0.15) is 5.65 Å². The van der Waals surface area contributed by atoms with Crippen molar-refractivity contribution in [2.75, 3.05) is 37.2 Å². The second kappa shape index (κ2) is 11.3. The number of fused-ring (bicyclic) bond motifs is 2. The summed E-state index contributed by atoms with van der Waals surface area (Å²) in [6.07, 6.45) is 2.77. The number of hydrogen-bond donors (Lipinski definition) is 3. The molecule has 9 heteroatoms. The summed E-state index contributed by atoms with van der Waals surface area (Å²) in [5.41, 5.74) is 16.0. The van der Waals surface area contributed by atoms with Gasteiger partial charge in [-0.1, -0.05) is 60.7 Å². The number of aromatic nitrogens is 3.